The van der Waals surface area contributed by atoms with Crippen molar-refractivity contribution in [1.29, 1.82) is 0 Å². The van der Waals surface area contributed by atoms with Gasteiger partial charge in [-0.2, -0.15) is 13.2 Å². The summed E-state index contributed by atoms with van der Waals surface area (Å²) in [5, 5.41) is 10.8. The summed E-state index contributed by atoms with van der Waals surface area (Å²) in [7, 11) is 0. The van der Waals surface area contributed by atoms with E-state index < -0.39 is 18.3 Å². The van der Waals surface area contributed by atoms with Crippen molar-refractivity contribution in [1.82, 2.24) is 24.4 Å². The van der Waals surface area contributed by atoms with Gasteiger partial charge in [-0.1, -0.05) is 0 Å². The van der Waals surface area contributed by atoms with Crippen LogP contribution in [0.3, 0.4) is 0 Å². The zero-order chi connectivity index (χ0) is 27.1. The third-order valence-corrected chi connectivity index (χ3v) is 6.43. The first-order chi connectivity index (χ1) is 18.0. The Labute approximate surface area is 216 Å². The summed E-state index contributed by atoms with van der Waals surface area (Å²) in [6.45, 7) is 3.93. The second-order valence-electron chi connectivity index (χ2n) is 9.71. The number of benzene rings is 1. The molecular weight excluding hydrogens is 499 g/mol. The fourth-order valence-corrected chi connectivity index (χ4v) is 4.45. The predicted octanol–water partition coefficient (Wildman–Crippen LogP) is 4.42. The highest BCUT2D eigenvalue weighted by atomic mass is 19.4. The normalized spacial score (nSPS) is 14.7. The van der Waals surface area contributed by atoms with E-state index in [2.05, 4.69) is 15.0 Å². The molecule has 198 valence electrons. The van der Waals surface area contributed by atoms with Gasteiger partial charge < -0.3 is 19.3 Å². The maximum absolute atomic E-state index is 13.3. The summed E-state index contributed by atoms with van der Waals surface area (Å²) in [5.74, 6) is 0.00744. The molecule has 4 heterocycles. The van der Waals surface area contributed by atoms with E-state index in [1.807, 2.05) is 0 Å². The van der Waals surface area contributed by atoms with Crippen molar-refractivity contribution < 1.29 is 27.8 Å². The highest BCUT2D eigenvalue weighted by molar-refractivity contribution is 6.02. The molecule has 11 heteroatoms. The quantitative estimate of drug-likeness (QED) is 0.415. The third kappa shape index (κ3) is 5.39. The lowest BCUT2D eigenvalue weighted by atomic mass is 9.98. The summed E-state index contributed by atoms with van der Waals surface area (Å²) in [4.78, 5) is 27.9. The predicted molar refractivity (Wildman–Crippen MR) is 134 cm³/mol. The SMILES string of the molecule is CC(C)(O)c1ccnc(-c2cnc(-c3cn(CC(F)(F)F)c4ccc(C(=O)N5CCOCC5)cc34)nc2)c1. The van der Waals surface area contributed by atoms with Crippen LogP contribution in [0.5, 0.6) is 0 Å². The van der Waals surface area contributed by atoms with E-state index in [0.29, 0.717) is 65.2 Å². The summed E-state index contributed by atoms with van der Waals surface area (Å²) >= 11 is 0. The van der Waals surface area contributed by atoms with Crippen LogP contribution in [0, 0.1) is 0 Å². The van der Waals surface area contributed by atoms with Crippen LogP contribution in [0.15, 0.2) is 55.1 Å². The molecule has 0 aliphatic carbocycles. The number of hydrogen-bond acceptors (Lipinski definition) is 6. The van der Waals surface area contributed by atoms with Crippen molar-refractivity contribution >= 4 is 16.8 Å². The standard InChI is InChI=1S/C27H26F3N5O3/c1-26(2,37)19-5-6-31-22(12-19)18-13-32-24(33-14-18)21-15-35(16-27(28,29)30)23-4-3-17(11-20(21)23)25(36)34-7-9-38-10-8-34/h3-6,11-15,37H,7-10,16H2,1-2H3. The van der Waals surface area contributed by atoms with E-state index in [-0.39, 0.29) is 11.7 Å². The molecule has 1 aliphatic heterocycles. The van der Waals surface area contributed by atoms with Gasteiger partial charge in [-0.15, -0.1) is 0 Å². The summed E-state index contributed by atoms with van der Waals surface area (Å²) in [5.41, 5.74) is 1.81. The average molecular weight is 526 g/mol. The smallest absolute Gasteiger partial charge is 0.386 e. The first-order valence-corrected chi connectivity index (χ1v) is 12.1. The molecular formula is C27H26F3N5O3. The average Bonchev–Trinajstić information content (AvgIpc) is 3.24. The molecule has 8 nitrogen and oxygen atoms in total. The molecule has 38 heavy (non-hydrogen) atoms. The highest BCUT2D eigenvalue weighted by Crippen LogP contribution is 2.33. The van der Waals surface area contributed by atoms with Gasteiger partial charge in [0.25, 0.3) is 5.91 Å². The molecule has 3 aromatic heterocycles. The van der Waals surface area contributed by atoms with E-state index in [1.165, 1.54) is 24.7 Å². The molecule has 1 fully saturated rings. The molecule has 0 saturated carbocycles. The minimum atomic E-state index is -4.44. The van der Waals surface area contributed by atoms with E-state index >= 15 is 0 Å². The topological polar surface area (TPSA) is 93.4 Å². The van der Waals surface area contributed by atoms with Crippen molar-refractivity contribution in [2.24, 2.45) is 0 Å². The molecule has 1 amide bonds. The largest absolute Gasteiger partial charge is 0.406 e. The van der Waals surface area contributed by atoms with Gasteiger partial charge in [-0.25, -0.2) is 9.97 Å². The lowest BCUT2D eigenvalue weighted by molar-refractivity contribution is -0.139. The second kappa shape index (κ2) is 9.80. The molecule has 0 radical (unpaired) electrons. The Morgan fingerprint density at radius 2 is 1.76 bits per heavy atom. The first-order valence-electron chi connectivity index (χ1n) is 12.1. The van der Waals surface area contributed by atoms with Gasteiger partial charge in [0.1, 0.15) is 6.54 Å². The van der Waals surface area contributed by atoms with Gasteiger partial charge in [-0.3, -0.25) is 9.78 Å². The third-order valence-electron chi connectivity index (χ3n) is 6.43. The molecule has 0 unspecified atom stereocenters. The summed E-state index contributed by atoms with van der Waals surface area (Å²) < 4.78 is 46.4. The van der Waals surface area contributed by atoms with Crippen molar-refractivity contribution in [3.63, 3.8) is 0 Å². The van der Waals surface area contributed by atoms with E-state index in [1.54, 1.807) is 49.2 Å². The summed E-state index contributed by atoms with van der Waals surface area (Å²) in [6, 6.07) is 8.11. The Balaban J connectivity index is 1.54. The Hall–Kier alpha value is -3.83. The number of aromatic nitrogens is 4. The molecule has 4 aromatic rings. The number of fused-ring (bicyclic) bond motifs is 1. The van der Waals surface area contributed by atoms with Gasteiger partial charge in [0.15, 0.2) is 5.82 Å². The number of alkyl halides is 3. The minimum Gasteiger partial charge on any atom is -0.386 e. The van der Waals surface area contributed by atoms with Crippen LogP contribution in [-0.4, -0.2) is 67.9 Å². The Kier molecular flexibility index (Phi) is 6.66. The van der Waals surface area contributed by atoms with E-state index in [9.17, 15) is 23.1 Å². The van der Waals surface area contributed by atoms with Gasteiger partial charge in [-0.05, 0) is 49.7 Å². The number of halogens is 3. The molecule has 5 rings (SSSR count). The van der Waals surface area contributed by atoms with Crippen LogP contribution >= 0.6 is 0 Å². The van der Waals surface area contributed by atoms with Gasteiger partial charge >= 0.3 is 6.18 Å². The lowest BCUT2D eigenvalue weighted by Gasteiger charge is -2.26. The van der Waals surface area contributed by atoms with E-state index in [4.69, 9.17) is 4.74 Å². The van der Waals surface area contributed by atoms with E-state index in [0.717, 1.165) is 4.57 Å². The Morgan fingerprint density at radius 3 is 2.42 bits per heavy atom. The van der Waals surface area contributed by atoms with Crippen LogP contribution in [0.25, 0.3) is 33.5 Å². The van der Waals surface area contributed by atoms with Crippen LogP contribution in [0.4, 0.5) is 13.2 Å². The zero-order valence-electron chi connectivity index (χ0n) is 20.9. The van der Waals surface area contributed by atoms with Gasteiger partial charge in [0, 0.05) is 65.5 Å². The number of carbonyl (C=O) groups excluding carboxylic acids is 1. The molecule has 0 bridgehead atoms. The molecule has 1 N–H and O–H groups in total. The maximum atomic E-state index is 13.3. The number of carbonyl (C=O) groups is 1. The number of hydrogen-bond donors (Lipinski definition) is 1. The maximum Gasteiger partial charge on any atom is 0.406 e. The van der Waals surface area contributed by atoms with Crippen molar-refractivity contribution in [3.8, 4) is 22.6 Å². The molecule has 1 saturated heterocycles. The fourth-order valence-electron chi connectivity index (χ4n) is 4.45. The molecule has 1 aliphatic rings. The van der Waals surface area contributed by atoms with Gasteiger partial charge in [0.05, 0.1) is 24.5 Å². The van der Waals surface area contributed by atoms with Crippen molar-refractivity contribution in [3.05, 3.63) is 66.2 Å². The number of rotatable bonds is 5. The highest BCUT2D eigenvalue weighted by Gasteiger charge is 2.30. The number of aliphatic hydroxyl groups is 1. The monoisotopic (exact) mass is 525 g/mol. The number of nitrogens with zero attached hydrogens (tertiary/aromatic N) is 5. The van der Waals surface area contributed by atoms with Crippen LogP contribution in [0.2, 0.25) is 0 Å². The number of morpholine rings is 1. The van der Waals surface area contributed by atoms with Crippen molar-refractivity contribution in [2.75, 3.05) is 26.3 Å². The van der Waals surface area contributed by atoms with Crippen LogP contribution in [-0.2, 0) is 16.9 Å². The van der Waals surface area contributed by atoms with Gasteiger partial charge in [0.2, 0.25) is 0 Å². The zero-order valence-corrected chi connectivity index (χ0v) is 20.9. The molecule has 1 aromatic carbocycles. The number of pyridine rings is 1. The van der Waals surface area contributed by atoms with Crippen LogP contribution in [0.1, 0.15) is 29.8 Å². The lowest BCUT2D eigenvalue weighted by Crippen LogP contribution is -2.40. The Morgan fingerprint density at radius 1 is 1.05 bits per heavy atom. The minimum absolute atomic E-state index is 0.209. The second-order valence-corrected chi connectivity index (χ2v) is 9.71. The summed E-state index contributed by atoms with van der Waals surface area (Å²) in [6.07, 6.45) is 1.58. The molecule has 0 spiro atoms. The molecule has 0 atom stereocenters. The number of amides is 1. The van der Waals surface area contributed by atoms with Crippen LogP contribution < -0.4 is 0 Å². The van der Waals surface area contributed by atoms with Crippen molar-refractivity contribution in [2.45, 2.75) is 32.2 Å². The first kappa shape index (κ1) is 25.8. The number of ether oxygens (including phenoxy) is 1. The fraction of sp³-hybridized carbons (Fsp3) is 0.333. The Bertz CT molecular complexity index is 1470.